The first kappa shape index (κ1) is 25.0. The van der Waals surface area contributed by atoms with Crippen LogP contribution in [0, 0.1) is 0 Å². The monoisotopic (exact) mass is 454 g/mol. The first-order valence-corrected chi connectivity index (χ1v) is 11.3. The van der Waals surface area contributed by atoms with Crippen molar-refractivity contribution in [3.63, 3.8) is 0 Å². The molecule has 0 bridgehead atoms. The molecule has 1 atom stereocenters. The fourth-order valence-electron chi connectivity index (χ4n) is 2.61. The van der Waals surface area contributed by atoms with Crippen LogP contribution in [0.5, 0.6) is 0 Å². The van der Waals surface area contributed by atoms with Crippen LogP contribution >= 0.6 is 11.9 Å². The van der Waals surface area contributed by atoms with Gasteiger partial charge in [-0.3, -0.25) is 14.6 Å². The molecule has 7 nitrogen and oxygen atoms in total. The highest BCUT2D eigenvalue weighted by Crippen LogP contribution is 2.14. The zero-order valence-corrected chi connectivity index (χ0v) is 19.4. The van der Waals surface area contributed by atoms with Crippen LogP contribution < -0.4 is 15.4 Å². The maximum Gasteiger partial charge on any atom is 0.255 e. The highest BCUT2D eigenvalue weighted by molar-refractivity contribution is 8.00. The second kappa shape index (κ2) is 13.9. The zero-order chi connectivity index (χ0) is 23.2. The van der Waals surface area contributed by atoms with E-state index in [9.17, 15) is 9.59 Å². The van der Waals surface area contributed by atoms with E-state index in [-0.39, 0.29) is 11.8 Å². The Morgan fingerprint density at radius 3 is 2.66 bits per heavy atom. The lowest BCUT2D eigenvalue weighted by molar-refractivity contribution is -0.123. The van der Waals surface area contributed by atoms with Crippen molar-refractivity contribution in [1.82, 2.24) is 15.4 Å². The summed E-state index contributed by atoms with van der Waals surface area (Å²) in [5.41, 5.74) is 2.07. The van der Waals surface area contributed by atoms with E-state index < -0.39 is 6.04 Å². The molecule has 0 radical (unpaired) electrons. The maximum atomic E-state index is 12.9. The predicted molar refractivity (Wildman–Crippen MR) is 130 cm³/mol. The van der Waals surface area contributed by atoms with E-state index in [1.165, 1.54) is 24.5 Å². The predicted octanol–water partition coefficient (Wildman–Crippen LogP) is 4.39. The molecular formula is C24H30N4O3S. The molecule has 0 aliphatic carbocycles. The molecule has 0 spiro atoms. The van der Waals surface area contributed by atoms with Crippen LogP contribution in [-0.4, -0.2) is 30.7 Å². The molecule has 0 unspecified atom stereocenters. The van der Waals surface area contributed by atoms with Gasteiger partial charge in [-0.15, -0.1) is 0 Å². The summed E-state index contributed by atoms with van der Waals surface area (Å²) in [6.45, 7) is 6.74. The van der Waals surface area contributed by atoms with Crippen molar-refractivity contribution in [2.24, 2.45) is 4.99 Å². The van der Waals surface area contributed by atoms with Gasteiger partial charge in [-0.05, 0) is 54.8 Å². The summed E-state index contributed by atoms with van der Waals surface area (Å²) in [5, 5.41) is 7.62. The highest BCUT2D eigenvalue weighted by Gasteiger charge is 2.23. The van der Waals surface area contributed by atoms with Crippen LogP contribution in [0.15, 0.2) is 81.5 Å². The third-order valence-corrected chi connectivity index (χ3v) is 5.14. The Balaban J connectivity index is 2.00. The zero-order valence-electron chi connectivity index (χ0n) is 18.6. The summed E-state index contributed by atoms with van der Waals surface area (Å²) >= 11 is 1.46. The van der Waals surface area contributed by atoms with Gasteiger partial charge in [-0.1, -0.05) is 49.4 Å². The van der Waals surface area contributed by atoms with Crippen molar-refractivity contribution >= 4 is 29.6 Å². The third-order valence-electron chi connectivity index (χ3n) is 4.50. The van der Waals surface area contributed by atoms with Crippen LogP contribution in [0.1, 0.15) is 49.2 Å². The second-order valence-electron chi connectivity index (χ2n) is 6.82. The minimum atomic E-state index is -0.827. The highest BCUT2D eigenvalue weighted by atomic mass is 32.2. The molecule has 0 saturated carbocycles. The lowest BCUT2D eigenvalue weighted by Gasteiger charge is -2.18. The van der Waals surface area contributed by atoms with E-state index in [2.05, 4.69) is 33.3 Å². The van der Waals surface area contributed by atoms with Crippen LogP contribution in [0.4, 0.5) is 0 Å². The molecule has 0 aliphatic heterocycles. The van der Waals surface area contributed by atoms with Crippen molar-refractivity contribution in [2.45, 2.75) is 33.2 Å². The number of hydrogen-bond acceptors (Lipinski definition) is 5. The van der Waals surface area contributed by atoms with Crippen LogP contribution in [-0.2, 0) is 4.79 Å². The van der Waals surface area contributed by atoms with E-state index in [0.717, 1.165) is 17.8 Å². The van der Waals surface area contributed by atoms with Crippen molar-refractivity contribution < 1.29 is 14.0 Å². The molecule has 8 heteroatoms. The van der Waals surface area contributed by atoms with Crippen molar-refractivity contribution in [3.05, 3.63) is 83.2 Å². The SMILES string of the molecule is C/C=C(\C)C(=NCCNC(=O)[C@@H](NC(=O)c1ccoc1)c1ccccc1)NS/C=C/CC. The number of amidine groups is 1. The number of allylic oxidation sites excluding steroid dienone is 2. The number of amides is 2. The number of nitrogens with one attached hydrogen (secondary N) is 3. The lowest BCUT2D eigenvalue weighted by Crippen LogP contribution is -2.41. The summed E-state index contributed by atoms with van der Waals surface area (Å²) in [7, 11) is 0. The van der Waals surface area contributed by atoms with Gasteiger partial charge in [-0.2, -0.15) is 0 Å². The van der Waals surface area contributed by atoms with Crippen molar-refractivity contribution in [2.75, 3.05) is 13.1 Å². The molecule has 32 heavy (non-hydrogen) atoms. The molecule has 1 heterocycles. The van der Waals surface area contributed by atoms with Crippen LogP contribution in [0.25, 0.3) is 0 Å². The Kier molecular flexibility index (Phi) is 10.9. The van der Waals surface area contributed by atoms with Gasteiger partial charge in [-0.25, -0.2) is 0 Å². The largest absolute Gasteiger partial charge is 0.472 e. The first-order valence-electron chi connectivity index (χ1n) is 10.5. The minimum absolute atomic E-state index is 0.305. The molecule has 1 aromatic carbocycles. The molecule has 2 amide bonds. The average molecular weight is 455 g/mol. The standard InChI is InChI=1S/C24H30N4O3S/c1-4-6-16-32-28-22(18(3)5-2)25-13-14-26-24(30)21(19-10-8-7-9-11-19)27-23(29)20-12-15-31-17-20/h5-12,15-17,21H,4,13-14H2,1-3H3,(H,25,28)(H,26,30)(H,27,29)/b16-6+,18-5+/t21-/m0/s1. The number of nitrogens with zero attached hydrogens (tertiary/aromatic N) is 1. The quantitative estimate of drug-likeness (QED) is 0.203. The molecule has 2 aromatic rings. The number of aliphatic imine (C=N–C) groups is 1. The van der Waals surface area contributed by atoms with Gasteiger partial charge in [0.05, 0.1) is 18.4 Å². The first-order chi connectivity index (χ1) is 15.6. The van der Waals surface area contributed by atoms with Gasteiger partial charge in [0.15, 0.2) is 0 Å². The molecule has 0 fully saturated rings. The van der Waals surface area contributed by atoms with E-state index in [1.54, 1.807) is 18.2 Å². The smallest absolute Gasteiger partial charge is 0.255 e. The van der Waals surface area contributed by atoms with Gasteiger partial charge in [0, 0.05) is 6.54 Å². The number of benzene rings is 1. The van der Waals surface area contributed by atoms with E-state index in [4.69, 9.17) is 4.42 Å². The van der Waals surface area contributed by atoms with E-state index in [1.807, 2.05) is 43.5 Å². The molecule has 3 N–H and O–H groups in total. The number of carbonyl (C=O) groups excluding carboxylic acids is 2. The van der Waals surface area contributed by atoms with Crippen molar-refractivity contribution in [1.29, 1.82) is 0 Å². The van der Waals surface area contributed by atoms with Gasteiger partial charge in [0.25, 0.3) is 5.91 Å². The minimum Gasteiger partial charge on any atom is -0.472 e. The van der Waals surface area contributed by atoms with Gasteiger partial charge < -0.3 is 19.8 Å². The summed E-state index contributed by atoms with van der Waals surface area (Å²) in [5.74, 6) is 0.0780. The number of furan rings is 1. The summed E-state index contributed by atoms with van der Waals surface area (Å²) < 4.78 is 8.18. The van der Waals surface area contributed by atoms with E-state index >= 15 is 0 Å². The number of carbonyl (C=O) groups is 2. The molecule has 0 saturated heterocycles. The molecular weight excluding hydrogens is 424 g/mol. The van der Waals surface area contributed by atoms with Crippen LogP contribution in [0.2, 0.25) is 0 Å². The number of rotatable bonds is 11. The Bertz CT molecular complexity index is 937. The molecule has 2 rings (SSSR count). The van der Waals surface area contributed by atoms with E-state index in [0.29, 0.717) is 24.2 Å². The maximum absolute atomic E-state index is 12.9. The molecule has 0 aliphatic rings. The average Bonchev–Trinajstić information content (AvgIpc) is 3.36. The summed E-state index contributed by atoms with van der Waals surface area (Å²) in [6, 6.07) is 9.84. The van der Waals surface area contributed by atoms with Gasteiger partial charge >= 0.3 is 0 Å². The third kappa shape index (κ3) is 8.11. The summed E-state index contributed by atoms with van der Waals surface area (Å²) in [4.78, 5) is 29.9. The van der Waals surface area contributed by atoms with Crippen LogP contribution in [0.3, 0.4) is 0 Å². The fourth-order valence-corrected chi connectivity index (χ4v) is 3.30. The van der Waals surface area contributed by atoms with Gasteiger partial charge in [0.1, 0.15) is 18.1 Å². The lowest BCUT2D eigenvalue weighted by atomic mass is 10.1. The van der Waals surface area contributed by atoms with Crippen molar-refractivity contribution in [3.8, 4) is 0 Å². The number of hydrogen-bond donors (Lipinski definition) is 3. The normalized spacial score (nSPS) is 13.1. The molecule has 1 aromatic heterocycles. The molecule has 170 valence electrons. The topological polar surface area (TPSA) is 95.7 Å². The van der Waals surface area contributed by atoms with Gasteiger partial charge in [0.2, 0.25) is 5.91 Å². The Labute approximate surface area is 193 Å². The Morgan fingerprint density at radius 1 is 1.22 bits per heavy atom. The fraction of sp³-hybridized carbons (Fsp3) is 0.292. The Hall–Kier alpha value is -3.26. The summed E-state index contributed by atoms with van der Waals surface area (Å²) in [6.07, 6.45) is 7.76. The Morgan fingerprint density at radius 2 is 2.00 bits per heavy atom. The second-order valence-corrected chi connectivity index (χ2v) is 7.53.